The Hall–Kier alpha value is -1.15. The first-order valence-corrected chi connectivity index (χ1v) is 9.77. The summed E-state index contributed by atoms with van der Waals surface area (Å²) >= 11 is 0. The van der Waals surface area contributed by atoms with Crippen LogP contribution in [-0.2, 0) is 16.4 Å². The standard InChI is InChI=1S/C16H25N3O3S/c1-2-18-8-10-19(11-9-18)7-6-17-23(20,21)15-3-4-16-14(13-15)5-12-22-16/h3-4,13,17H,2,5-12H2,1H3. The minimum atomic E-state index is -3.44. The smallest absolute Gasteiger partial charge is 0.240 e. The van der Waals surface area contributed by atoms with Crippen LogP contribution in [0.3, 0.4) is 0 Å². The Morgan fingerprint density at radius 3 is 2.65 bits per heavy atom. The molecular weight excluding hydrogens is 314 g/mol. The summed E-state index contributed by atoms with van der Waals surface area (Å²) in [5.74, 6) is 0.803. The molecule has 0 atom stereocenters. The number of sulfonamides is 1. The lowest BCUT2D eigenvalue weighted by Crippen LogP contribution is -2.48. The van der Waals surface area contributed by atoms with E-state index < -0.39 is 10.0 Å². The number of rotatable bonds is 6. The fraction of sp³-hybridized carbons (Fsp3) is 0.625. The van der Waals surface area contributed by atoms with Crippen LogP contribution in [0.15, 0.2) is 23.1 Å². The van der Waals surface area contributed by atoms with Crippen molar-refractivity contribution in [1.29, 1.82) is 0 Å². The van der Waals surface area contributed by atoms with Crippen molar-refractivity contribution in [1.82, 2.24) is 14.5 Å². The maximum absolute atomic E-state index is 12.4. The lowest BCUT2D eigenvalue weighted by atomic mass is 10.2. The largest absolute Gasteiger partial charge is 0.493 e. The summed E-state index contributed by atoms with van der Waals surface area (Å²) in [5, 5.41) is 0. The van der Waals surface area contributed by atoms with Crippen molar-refractivity contribution in [3.63, 3.8) is 0 Å². The molecule has 0 saturated carbocycles. The number of nitrogens with one attached hydrogen (secondary N) is 1. The van der Waals surface area contributed by atoms with Crippen molar-refractivity contribution in [3.8, 4) is 5.75 Å². The Morgan fingerprint density at radius 1 is 1.17 bits per heavy atom. The molecule has 1 aromatic rings. The maximum Gasteiger partial charge on any atom is 0.240 e. The topological polar surface area (TPSA) is 61.9 Å². The van der Waals surface area contributed by atoms with Gasteiger partial charge in [-0.3, -0.25) is 4.90 Å². The molecule has 1 aromatic carbocycles. The average Bonchev–Trinajstić information content (AvgIpc) is 3.03. The van der Waals surface area contributed by atoms with Gasteiger partial charge in [-0.25, -0.2) is 13.1 Å². The van der Waals surface area contributed by atoms with Crippen LogP contribution in [0.5, 0.6) is 5.75 Å². The van der Waals surface area contributed by atoms with Crippen LogP contribution in [0.4, 0.5) is 0 Å². The molecule has 2 heterocycles. The van der Waals surface area contributed by atoms with Gasteiger partial charge in [0.25, 0.3) is 0 Å². The van der Waals surface area contributed by atoms with Gasteiger partial charge in [-0.2, -0.15) is 0 Å². The van der Waals surface area contributed by atoms with Crippen molar-refractivity contribution < 1.29 is 13.2 Å². The van der Waals surface area contributed by atoms with Crippen molar-refractivity contribution in [3.05, 3.63) is 23.8 Å². The molecule has 2 aliphatic heterocycles. The molecule has 128 valence electrons. The summed E-state index contributed by atoms with van der Waals surface area (Å²) in [6, 6.07) is 5.10. The highest BCUT2D eigenvalue weighted by Crippen LogP contribution is 2.27. The predicted octanol–water partition coefficient (Wildman–Crippen LogP) is 0.537. The Balaban J connectivity index is 1.51. The van der Waals surface area contributed by atoms with E-state index in [1.54, 1.807) is 18.2 Å². The van der Waals surface area contributed by atoms with Gasteiger partial charge in [-0.1, -0.05) is 6.92 Å². The lowest BCUT2D eigenvalue weighted by molar-refractivity contribution is 0.139. The average molecular weight is 339 g/mol. The Labute approximate surface area is 138 Å². The number of nitrogens with zero attached hydrogens (tertiary/aromatic N) is 2. The third kappa shape index (κ3) is 4.03. The number of hydrogen-bond donors (Lipinski definition) is 1. The summed E-state index contributed by atoms with van der Waals surface area (Å²) in [6.45, 7) is 9.23. The molecule has 1 N–H and O–H groups in total. The number of benzene rings is 1. The molecule has 0 bridgehead atoms. The second-order valence-corrected chi connectivity index (χ2v) is 7.81. The first-order chi connectivity index (χ1) is 11.1. The Bertz CT molecular complexity index is 640. The van der Waals surface area contributed by atoms with Gasteiger partial charge in [-0.05, 0) is 30.3 Å². The van der Waals surface area contributed by atoms with E-state index in [1.807, 2.05) is 0 Å². The van der Waals surface area contributed by atoms with Crippen molar-refractivity contribution in [2.45, 2.75) is 18.2 Å². The molecular formula is C16H25N3O3S. The van der Waals surface area contributed by atoms with Crippen LogP contribution in [0.1, 0.15) is 12.5 Å². The van der Waals surface area contributed by atoms with Gasteiger partial charge in [0.1, 0.15) is 5.75 Å². The lowest BCUT2D eigenvalue weighted by Gasteiger charge is -2.33. The fourth-order valence-electron chi connectivity index (χ4n) is 3.08. The van der Waals surface area contributed by atoms with Crippen LogP contribution < -0.4 is 9.46 Å². The van der Waals surface area contributed by atoms with E-state index in [0.29, 0.717) is 18.0 Å². The molecule has 0 amide bonds. The first kappa shape index (κ1) is 16.7. The van der Waals surface area contributed by atoms with E-state index in [2.05, 4.69) is 21.4 Å². The minimum Gasteiger partial charge on any atom is -0.493 e. The van der Waals surface area contributed by atoms with Crippen molar-refractivity contribution >= 4 is 10.0 Å². The highest BCUT2D eigenvalue weighted by molar-refractivity contribution is 7.89. The van der Waals surface area contributed by atoms with Gasteiger partial charge in [0.2, 0.25) is 10.0 Å². The molecule has 0 radical (unpaired) electrons. The van der Waals surface area contributed by atoms with Gasteiger partial charge in [0, 0.05) is 45.7 Å². The van der Waals surface area contributed by atoms with Crippen molar-refractivity contribution in [2.75, 3.05) is 52.4 Å². The zero-order valence-corrected chi connectivity index (χ0v) is 14.4. The molecule has 1 fully saturated rings. The molecule has 7 heteroatoms. The molecule has 0 unspecified atom stereocenters. The van der Waals surface area contributed by atoms with Gasteiger partial charge >= 0.3 is 0 Å². The molecule has 23 heavy (non-hydrogen) atoms. The van der Waals surface area contributed by atoms with Gasteiger partial charge in [0.05, 0.1) is 11.5 Å². The van der Waals surface area contributed by atoms with E-state index in [0.717, 1.165) is 57.0 Å². The van der Waals surface area contributed by atoms with E-state index in [4.69, 9.17) is 4.74 Å². The molecule has 0 aliphatic carbocycles. The minimum absolute atomic E-state index is 0.331. The maximum atomic E-state index is 12.4. The number of ether oxygens (including phenoxy) is 1. The third-order valence-corrected chi connectivity index (χ3v) is 6.06. The Kier molecular flexibility index (Phi) is 5.21. The predicted molar refractivity (Wildman–Crippen MR) is 89.4 cm³/mol. The SMILES string of the molecule is CCN1CCN(CCNS(=O)(=O)c2ccc3c(c2)CCO3)CC1. The molecule has 1 saturated heterocycles. The molecule has 0 aromatic heterocycles. The van der Waals surface area contributed by atoms with Crippen LogP contribution in [0.25, 0.3) is 0 Å². The van der Waals surface area contributed by atoms with Gasteiger partial charge in [0.15, 0.2) is 0 Å². The van der Waals surface area contributed by atoms with Crippen LogP contribution in [-0.4, -0.2) is 70.6 Å². The summed E-state index contributed by atoms with van der Waals surface area (Å²) in [4.78, 5) is 5.05. The normalized spacial score (nSPS) is 19.5. The first-order valence-electron chi connectivity index (χ1n) is 8.28. The van der Waals surface area contributed by atoms with Gasteiger partial charge < -0.3 is 9.64 Å². The zero-order valence-electron chi connectivity index (χ0n) is 13.6. The number of hydrogen-bond acceptors (Lipinski definition) is 5. The molecule has 2 aliphatic rings. The highest BCUT2D eigenvalue weighted by Gasteiger charge is 2.20. The summed E-state index contributed by atoms with van der Waals surface area (Å²) < 4.78 is 32.9. The fourth-order valence-corrected chi connectivity index (χ4v) is 4.15. The monoisotopic (exact) mass is 339 g/mol. The highest BCUT2D eigenvalue weighted by atomic mass is 32.2. The molecule has 6 nitrogen and oxygen atoms in total. The second kappa shape index (κ2) is 7.17. The van der Waals surface area contributed by atoms with E-state index in [1.165, 1.54) is 0 Å². The van der Waals surface area contributed by atoms with E-state index >= 15 is 0 Å². The van der Waals surface area contributed by atoms with E-state index in [9.17, 15) is 8.42 Å². The van der Waals surface area contributed by atoms with Gasteiger partial charge in [-0.15, -0.1) is 0 Å². The summed E-state index contributed by atoms with van der Waals surface area (Å²) in [6.07, 6.45) is 0.778. The number of fused-ring (bicyclic) bond motifs is 1. The Morgan fingerprint density at radius 2 is 1.91 bits per heavy atom. The number of piperazine rings is 1. The zero-order chi connectivity index (χ0) is 16.3. The summed E-state index contributed by atoms with van der Waals surface area (Å²) in [7, 11) is -3.44. The van der Waals surface area contributed by atoms with E-state index in [-0.39, 0.29) is 0 Å². The summed E-state index contributed by atoms with van der Waals surface area (Å²) in [5.41, 5.74) is 0.976. The van der Waals surface area contributed by atoms with Crippen LogP contribution in [0, 0.1) is 0 Å². The van der Waals surface area contributed by atoms with Crippen LogP contribution in [0.2, 0.25) is 0 Å². The van der Waals surface area contributed by atoms with Crippen molar-refractivity contribution in [2.24, 2.45) is 0 Å². The quantitative estimate of drug-likeness (QED) is 0.820. The van der Waals surface area contributed by atoms with Crippen LogP contribution >= 0.6 is 0 Å². The molecule has 0 spiro atoms. The third-order valence-electron chi connectivity index (χ3n) is 4.60. The number of likely N-dealkylation sites (N-methyl/N-ethyl adjacent to an activating group) is 1. The molecule has 3 rings (SSSR count). The second-order valence-electron chi connectivity index (χ2n) is 6.04.